The maximum Gasteiger partial charge on any atom is 0.359 e. The highest BCUT2D eigenvalue weighted by atomic mass is 16.5. The zero-order valence-corrected chi connectivity index (χ0v) is 18.7. The van der Waals surface area contributed by atoms with E-state index < -0.39 is 18.5 Å². The van der Waals surface area contributed by atoms with Gasteiger partial charge < -0.3 is 10.1 Å². The van der Waals surface area contributed by atoms with Crippen LogP contribution in [0.2, 0.25) is 0 Å². The molecule has 0 saturated heterocycles. The second-order valence-electron chi connectivity index (χ2n) is 8.17. The summed E-state index contributed by atoms with van der Waals surface area (Å²) in [5.74, 6) is -1.18. The minimum Gasteiger partial charge on any atom is -0.451 e. The SMILES string of the molecule is CC(NC(=O)COC(=O)c1nn(C(C)C)c(=O)c2ccccc12)c1cccc2ccccc12. The molecule has 4 rings (SSSR count). The Labute approximate surface area is 191 Å². The fourth-order valence-corrected chi connectivity index (χ4v) is 3.90. The molecule has 1 atom stereocenters. The summed E-state index contributed by atoms with van der Waals surface area (Å²) in [6, 6.07) is 20.1. The first-order chi connectivity index (χ1) is 15.9. The highest BCUT2D eigenvalue weighted by Gasteiger charge is 2.20. The summed E-state index contributed by atoms with van der Waals surface area (Å²) in [5.41, 5.74) is 0.706. The number of fused-ring (bicyclic) bond motifs is 2. The predicted octanol–water partition coefficient (Wildman–Crippen LogP) is 4.16. The van der Waals surface area contributed by atoms with E-state index in [-0.39, 0.29) is 23.3 Å². The van der Waals surface area contributed by atoms with Crippen molar-refractivity contribution < 1.29 is 14.3 Å². The van der Waals surface area contributed by atoms with Crippen LogP contribution in [0.15, 0.2) is 71.5 Å². The first-order valence-corrected chi connectivity index (χ1v) is 10.8. The van der Waals surface area contributed by atoms with Gasteiger partial charge in [0.2, 0.25) is 0 Å². The molecule has 7 heteroatoms. The number of nitrogens with one attached hydrogen (secondary N) is 1. The molecule has 4 aromatic rings. The average molecular weight is 444 g/mol. The van der Waals surface area contributed by atoms with Gasteiger partial charge in [0, 0.05) is 5.39 Å². The molecule has 7 nitrogen and oxygen atoms in total. The van der Waals surface area contributed by atoms with Crippen molar-refractivity contribution in [2.45, 2.75) is 32.9 Å². The molecule has 0 saturated carbocycles. The molecule has 0 aliphatic rings. The smallest absolute Gasteiger partial charge is 0.359 e. The van der Waals surface area contributed by atoms with Crippen LogP contribution in [0.5, 0.6) is 0 Å². The normalized spacial score (nSPS) is 12.1. The molecule has 1 N–H and O–H groups in total. The van der Waals surface area contributed by atoms with Gasteiger partial charge in [-0.2, -0.15) is 5.10 Å². The number of carbonyl (C=O) groups is 2. The highest BCUT2D eigenvalue weighted by molar-refractivity contribution is 6.02. The molecule has 33 heavy (non-hydrogen) atoms. The Morgan fingerprint density at radius 3 is 2.27 bits per heavy atom. The third-order valence-corrected chi connectivity index (χ3v) is 5.51. The first-order valence-electron chi connectivity index (χ1n) is 10.8. The number of hydrogen-bond acceptors (Lipinski definition) is 5. The van der Waals surface area contributed by atoms with Gasteiger partial charge in [-0.15, -0.1) is 0 Å². The van der Waals surface area contributed by atoms with Crippen molar-refractivity contribution in [3.05, 3.63) is 88.3 Å². The van der Waals surface area contributed by atoms with Gasteiger partial charge >= 0.3 is 5.97 Å². The molecule has 0 aliphatic carbocycles. The lowest BCUT2D eigenvalue weighted by Gasteiger charge is -2.17. The second kappa shape index (κ2) is 9.24. The fourth-order valence-electron chi connectivity index (χ4n) is 3.90. The summed E-state index contributed by atoms with van der Waals surface area (Å²) < 4.78 is 6.52. The first kappa shape index (κ1) is 22.2. The lowest BCUT2D eigenvalue weighted by atomic mass is 10.00. The number of esters is 1. The van der Waals surface area contributed by atoms with Crippen LogP contribution in [0, 0.1) is 0 Å². The minimum absolute atomic E-state index is 0.00815. The summed E-state index contributed by atoms with van der Waals surface area (Å²) >= 11 is 0. The van der Waals surface area contributed by atoms with Gasteiger partial charge in [-0.05, 0) is 43.2 Å². The molecule has 1 heterocycles. The van der Waals surface area contributed by atoms with Crippen LogP contribution in [-0.4, -0.2) is 28.3 Å². The zero-order chi connectivity index (χ0) is 23.5. The van der Waals surface area contributed by atoms with Crippen molar-refractivity contribution in [3.63, 3.8) is 0 Å². The van der Waals surface area contributed by atoms with Crippen molar-refractivity contribution in [3.8, 4) is 0 Å². The topological polar surface area (TPSA) is 90.3 Å². The Morgan fingerprint density at radius 2 is 1.55 bits per heavy atom. The van der Waals surface area contributed by atoms with Crippen LogP contribution in [-0.2, 0) is 9.53 Å². The minimum atomic E-state index is -0.756. The maximum absolute atomic E-state index is 12.8. The quantitative estimate of drug-likeness (QED) is 0.452. The lowest BCUT2D eigenvalue weighted by Crippen LogP contribution is -2.32. The Morgan fingerprint density at radius 1 is 0.909 bits per heavy atom. The molecule has 0 aliphatic heterocycles. The Balaban J connectivity index is 1.50. The van der Waals surface area contributed by atoms with E-state index in [1.807, 2.05) is 49.4 Å². The molecular weight excluding hydrogens is 418 g/mol. The standard InChI is InChI=1S/C26H25N3O4/c1-16(2)29-25(31)22-13-7-6-12-21(22)24(28-29)26(32)33-15-23(30)27-17(3)19-14-8-10-18-9-4-5-11-20(18)19/h4-14,16-17H,15H2,1-3H3,(H,27,30). The van der Waals surface area contributed by atoms with Crippen molar-refractivity contribution in [2.24, 2.45) is 0 Å². The van der Waals surface area contributed by atoms with Crippen LogP contribution < -0.4 is 10.9 Å². The Bertz CT molecular complexity index is 1400. The number of ether oxygens (including phenoxy) is 1. The van der Waals surface area contributed by atoms with Crippen molar-refractivity contribution in [2.75, 3.05) is 6.61 Å². The number of amides is 1. The van der Waals surface area contributed by atoms with Gasteiger partial charge in [0.15, 0.2) is 12.3 Å². The molecule has 1 aromatic heterocycles. The third kappa shape index (κ3) is 4.48. The molecule has 0 spiro atoms. The Kier molecular flexibility index (Phi) is 6.22. The number of aromatic nitrogens is 2. The van der Waals surface area contributed by atoms with Crippen LogP contribution in [0.1, 0.15) is 48.9 Å². The van der Waals surface area contributed by atoms with Gasteiger partial charge in [-0.25, -0.2) is 9.48 Å². The zero-order valence-electron chi connectivity index (χ0n) is 18.7. The second-order valence-corrected chi connectivity index (χ2v) is 8.17. The monoisotopic (exact) mass is 443 g/mol. The Hall–Kier alpha value is -4.00. The largest absolute Gasteiger partial charge is 0.451 e. The molecular formula is C26H25N3O4. The number of carbonyl (C=O) groups excluding carboxylic acids is 2. The van der Waals surface area contributed by atoms with Gasteiger partial charge in [0.25, 0.3) is 11.5 Å². The molecule has 1 unspecified atom stereocenters. The summed E-state index contributed by atoms with van der Waals surface area (Å²) in [6.45, 7) is 5.04. The van der Waals surface area contributed by atoms with Crippen LogP contribution in [0.4, 0.5) is 0 Å². The number of benzene rings is 3. The fraction of sp³-hybridized carbons (Fsp3) is 0.231. The van der Waals surface area contributed by atoms with Crippen LogP contribution >= 0.6 is 0 Å². The van der Waals surface area contributed by atoms with E-state index in [2.05, 4.69) is 10.4 Å². The van der Waals surface area contributed by atoms with Gasteiger partial charge in [-0.1, -0.05) is 60.7 Å². The lowest BCUT2D eigenvalue weighted by molar-refractivity contribution is -0.124. The van der Waals surface area contributed by atoms with Gasteiger partial charge in [0.1, 0.15) is 0 Å². The van der Waals surface area contributed by atoms with E-state index >= 15 is 0 Å². The third-order valence-electron chi connectivity index (χ3n) is 5.51. The summed E-state index contributed by atoms with van der Waals surface area (Å²) in [7, 11) is 0. The van der Waals surface area contributed by atoms with E-state index in [4.69, 9.17) is 4.74 Å². The summed E-state index contributed by atoms with van der Waals surface area (Å²) in [4.78, 5) is 38.0. The number of rotatable bonds is 6. The molecule has 0 fully saturated rings. The summed E-state index contributed by atoms with van der Waals surface area (Å²) in [5, 5.41) is 10.0. The molecule has 0 radical (unpaired) electrons. The predicted molar refractivity (Wildman–Crippen MR) is 127 cm³/mol. The number of hydrogen-bond donors (Lipinski definition) is 1. The highest BCUT2D eigenvalue weighted by Crippen LogP contribution is 2.24. The van der Waals surface area contributed by atoms with Crippen molar-refractivity contribution in [1.82, 2.24) is 15.1 Å². The van der Waals surface area contributed by atoms with Crippen molar-refractivity contribution in [1.29, 1.82) is 0 Å². The molecule has 168 valence electrons. The molecule has 3 aromatic carbocycles. The number of nitrogens with zero attached hydrogens (tertiary/aromatic N) is 2. The molecule has 0 bridgehead atoms. The van der Waals surface area contributed by atoms with Gasteiger partial charge in [0.05, 0.1) is 17.5 Å². The van der Waals surface area contributed by atoms with Gasteiger partial charge in [-0.3, -0.25) is 9.59 Å². The van der Waals surface area contributed by atoms with Crippen molar-refractivity contribution >= 4 is 33.4 Å². The van der Waals surface area contributed by atoms with E-state index in [9.17, 15) is 14.4 Å². The van der Waals surface area contributed by atoms with E-state index in [0.29, 0.717) is 10.8 Å². The van der Waals surface area contributed by atoms with E-state index in [1.165, 1.54) is 4.68 Å². The van der Waals surface area contributed by atoms with E-state index in [1.54, 1.807) is 38.1 Å². The average Bonchev–Trinajstić information content (AvgIpc) is 2.82. The summed E-state index contributed by atoms with van der Waals surface area (Å²) in [6.07, 6.45) is 0. The molecule has 1 amide bonds. The van der Waals surface area contributed by atoms with E-state index in [0.717, 1.165) is 16.3 Å². The maximum atomic E-state index is 12.8. The van der Waals surface area contributed by atoms with Crippen LogP contribution in [0.3, 0.4) is 0 Å². The van der Waals surface area contributed by atoms with Crippen LogP contribution in [0.25, 0.3) is 21.5 Å².